The molecule has 1 fully saturated rings. The molecule has 2 rings (SSSR count). The van der Waals surface area contributed by atoms with Crippen molar-refractivity contribution in [2.75, 3.05) is 33.6 Å². The summed E-state index contributed by atoms with van der Waals surface area (Å²) in [7, 11) is 4.83. The Balaban J connectivity index is 2.48. The fourth-order valence-electron chi connectivity index (χ4n) is 2.45. The Labute approximate surface area is 129 Å². The lowest BCUT2D eigenvalue weighted by atomic mass is 10.1. The number of nitrogens with zero attached hydrogens (tertiary/aromatic N) is 1. The third-order valence-electron chi connectivity index (χ3n) is 3.43. The molecule has 0 aromatic heterocycles. The first kappa shape index (κ1) is 15.8. The second kappa shape index (κ2) is 6.93. The Hall–Kier alpha value is -1.56. The van der Waals surface area contributed by atoms with Gasteiger partial charge in [0.15, 0.2) is 0 Å². The van der Waals surface area contributed by atoms with Crippen molar-refractivity contribution in [2.45, 2.75) is 18.7 Å². The first-order chi connectivity index (χ1) is 10.2. The van der Waals surface area contributed by atoms with Crippen LogP contribution in [-0.2, 0) is 4.79 Å². The maximum Gasteiger partial charge on any atom is 0.233 e. The molecule has 1 aliphatic rings. The highest BCUT2D eigenvalue weighted by Gasteiger charge is 2.36. The van der Waals surface area contributed by atoms with Crippen LogP contribution in [0.2, 0.25) is 0 Å². The lowest BCUT2D eigenvalue weighted by Gasteiger charge is -2.26. The normalized spacial score (nSPS) is 18.0. The summed E-state index contributed by atoms with van der Waals surface area (Å²) in [5.41, 5.74) is 0.894. The summed E-state index contributed by atoms with van der Waals surface area (Å²) >= 11 is 1.60. The number of carbonyl (C=O) groups excluding carboxylic acids is 1. The van der Waals surface area contributed by atoms with Gasteiger partial charge in [-0.15, -0.1) is 11.8 Å². The zero-order chi connectivity index (χ0) is 15.4. The smallest absolute Gasteiger partial charge is 0.233 e. The minimum absolute atomic E-state index is 0.0757. The van der Waals surface area contributed by atoms with Crippen LogP contribution in [0, 0.1) is 0 Å². The minimum Gasteiger partial charge on any atom is -0.496 e. The largest absolute Gasteiger partial charge is 0.496 e. The zero-order valence-electron chi connectivity index (χ0n) is 12.8. The molecule has 21 heavy (non-hydrogen) atoms. The van der Waals surface area contributed by atoms with E-state index in [1.165, 1.54) is 0 Å². The van der Waals surface area contributed by atoms with Crippen molar-refractivity contribution in [2.24, 2.45) is 0 Å². The topological polar surface area (TPSA) is 48.0 Å². The van der Waals surface area contributed by atoms with Crippen molar-refractivity contribution in [1.82, 2.24) is 4.90 Å². The van der Waals surface area contributed by atoms with E-state index in [0.717, 1.165) is 18.5 Å². The molecule has 1 aromatic rings. The SMILES string of the molecule is CCCN1C(=O)CSC1c1c(OC)cc(OC)cc1OC. The maximum atomic E-state index is 12.1. The number of thioether (sulfide) groups is 1. The fraction of sp³-hybridized carbons (Fsp3) is 0.533. The summed E-state index contributed by atoms with van der Waals surface area (Å²) in [5.74, 6) is 2.68. The maximum absolute atomic E-state index is 12.1. The van der Waals surface area contributed by atoms with Crippen molar-refractivity contribution < 1.29 is 19.0 Å². The van der Waals surface area contributed by atoms with Crippen LogP contribution >= 0.6 is 11.8 Å². The monoisotopic (exact) mass is 311 g/mol. The van der Waals surface area contributed by atoms with Crippen LogP contribution in [0.5, 0.6) is 17.2 Å². The molecule has 116 valence electrons. The van der Waals surface area contributed by atoms with Gasteiger partial charge in [0.25, 0.3) is 0 Å². The molecular weight excluding hydrogens is 290 g/mol. The highest BCUT2D eigenvalue weighted by Crippen LogP contribution is 2.48. The van der Waals surface area contributed by atoms with Gasteiger partial charge in [0.1, 0.15) is 22.6 Å². The molecule has 1 saturated heterocycles. The zero-order valence-corrected chi connectivity index (χ0v) is 13.7. The van der Waals surface area contributed by atoms with Gasteiger partial charge in [0, 0.05) is 18.7 Å². The molecule has 0 spiro atoms. The van der Waals surface area contributed by atoms with Crippen molar-refractivity contribution in [1.29, 1.82) is 0 Å². The van der Waals surface area contributed by atoms with Gasteiger partial charge in [-0.3, -0.25) is 4.79 Å². The minimum atomic E-state index is -0.0757. The van der Waals surface area contributed by atoms with Crippen molar-refractivity contribution in [3.63, 3.8) is 0 Å². The van der Waals surface area contributed by atoms with Gasteiger partial charge in [0.2, 0.25) is 5.91 Å². The lowest BCUT2D eigenvalue weighted by molar-refractivity contribution is -0.128. The van der Waals surface area contributed by atoms with Gasteiger partial charge in [-0.2, -0.15) is 0 Å². The summed E-state index contributed by atoms with van der Waals surface area (Å²) in [6.45, 7) is 2.80. The van der Waals surface area contributed by atoms with Crippen molar-refractivity contribution >= 4 is 17.7 Å². The van der Waals surface area contributed by atoms with E-state index in [-0.39, 0.29) is 11.3 Å². The van der Waals surface area contributed by atoms with E-state index in [9.17, 15) is 4.79 Å². The average Bonchev–Trinajstić information content (AvgIpc) is 2.87. The van der Waals surface area contributed by atoms with Crippen LogP contribution in [0.3, 0.4) is 0 Å². The molecule has 1 atom stereocenters. The third kappa shape index (κ3) is 3.05. The molecule has 0 saturated carbocycles. The predicted octanol–water partition coefficient (Wildman–Crippen LogP) is 2.70. The Kier molecular flexibility index (Phi) is 5.22. The van der Waals surface area contributed by atoms with E-state index in [2.05, 4.69) is 6.92 Å². The molecule has 5 nitrogen and oxygen atoms in total. The highest BCUT2D eigenvalue weighted by atomic mass is 32.2. The molecule has 1 heterocycles. The van der Waals surface area contributed by atoms with Crippen molar-refractivity contribution in [3.8, 4) is 17.2 Å². The number of amides is 1. The molecule has 6 heteroatoms. The van der Waals surface area contributed by atoms with Gasteiger partial charge in [-0.05, 0) is 6.42 Å². The Morgan fingerprint density at radius 2 is 1.81 bits per heavy atom. The molecular formula is C15H21NO4S. The highest BCUT2D eigenvalue weighted by molar-refractivity contribution is 8.00. The number of rotatable bonds is 6. The fourth-order valence-corrected chi connectivity index (χ4v) is 3.72. The van der Waals surface area contributed by atoms with Gasteiger partial charge < -0.3 is 19.1 Å². The molecule has 1 aliphatic heterocycles. The van der Waals surface area contributed by atoms with Gasteiger partial charge >= 0.3 is 0 Å². The number of hydrogen-bond donors (Lipinski definition) is 0. The number of benzene rings is 1. The number of hydrogen-bond acceptors (Lipinski definition) is 5. The van der Waals surface area contributed by atoms with Crippen LogP contribution in [0.1, 0.15) is 24.3 Å². The third-order valence-corrected chi connectivity index (χ3v) is 4.65. The van der Waals surface area contributed by atoms with E-state index in [4.69, 9.17) is 14.2 Å². The number of ether oxygens (including phenoxy) is 3. The first-order valence-electron chi connectivity index (χ1n) is 6.87. The van der Waals surface area contributed by atoms with Crippen LogP contribution in [-0.4, -0.2) is 44.4 Å². The van der Waals surface area contributed by atoms with E-state index >= 15 is 0 Å². The quantitative estimate of drug-likeness (QED) is 0.808. The van der Waals surface area contributed by atoms with Gasteiger partial charge in [0.05, 0.1) is 32.6 Å². The molecule has 0 aliphatic carbocycles. The van der Waals surface area contributed by atoms with Gasteiger partial charge in [-0.25, -0.2) is 0 Å². The number of carbonyl (C=O) groups is 1. The second-order valence-electron chi connectivity index (χ2n) is 4.70. The number of methoxy groups -OCH3 is 3. The molecule has 0 radical (unpaired) electrons. The Morgan fingerprint density at radius 1 is 1.19 bits per heavy atom. The average molecular weight is 311 g/mol. The molecule has 1 aromatic carbocycles. The van der Waals surface area contributed by atoms with E-state index in [1.54, 1.807) is 33.1 Å². The van der Waals surface area contributed by atoms with Crippen molar-refractivity contribution in [3.05, 3.63) is 17.7 Å². The van der Waals surface area contributed by atoms with E-state index < -0.39 is 0 Å². The van der Waals surface area contributed by atoms with Crippen LogP contribution < -0.4 is 14.2 Å². The van der Waals surface area contributed by atoms with Crippen LogP contribution in [0.4, 0.5) is 0 Å². The van der Waals surface area contributed by atoms with Gasteiger partial charge in [-0.1, -0.05) is 6.92 Å². The van der Waals surface area contributed by atoms with E-state index in [1.807, 2.05) is 17.0 Å². The summed E-state index contributed by atoms with van der Waals surface area (Å²) in [5, 5.41) is -0.0757. The Morgan fingerprint density at radius 3 is 2.29 bits per heavy atom. The standard InChI is InChI=1S/C15H21NO4S/c1-5-6-16-13(17)9-21-15(16)14-11(19-3)7-10(18-2)8-12(14)20-4/h7-8,15H,5-6,9H2,1-4H3. The summed E-state index contributed by atoms with van der Waals surface area (Å²) in [4.78, 5) is 14.0. The summed E-state index contributed by atoms with van der Waals surface area (Å²) in [6.07, 6.45) is 0.920. The summed E-state index contributed by atoms with van der Waals surface area (Å²) in [6, 6.07) is 3.65. The predicted molar refractivity (Wildman–Crippen MR) is 83.3 cm³/mol. The molecule has 1 amide bonds. The first-order valence-corrected chi connectivity index (χ1v) is 7.92. The summed E-state index contributed by atoms with van der Waals surface area (Å²) < 4.78 is 16.3. The second-order valence-corrected chi connectivity index (χ2v) is 5.76. The molecule has 0 N–H and O–H groups in total. The molecule has 1 unspecified atom stereocenters. The molecule has 0 bridgehead atoms. The van der Waals surface area contributed by atoms with Crippen LogP contribution in [0.25, 0.3) is 0 Å². The van der Waals surface area contributed by atoms with Crippen LogP contribution in [0.15, 0.2) is 12.1 Å². The Bertz CT molecular complexity index is 495. The van der Waals surface area contributed by atoms with E-state index in [0.29, 0.717) is 23.0 Å². The lowest BCUT2D eigenvalue weighted by Crippen LogP contribution is -2.29.